The van der Waals surface area contributed by atoms with Crippen molar-refractivity contribution in [1.29, 1.82) is 0 Å². The van der Waals surface area contributed by atoms with Crippen molar-refractivity contribution in [2.45, 2.75) is 39.3 Å². The van der Waals surface area contributed by atoms with Crippen molar-refractivity contribution >= 4 is 5.84 Å². The van der Waals surface area contributed by atoms with E-state index in [0.717, 1.165) is 6.54 Å². The lowest BCUT2D eigenvalue weighted by molar-refractivity contribution is 0.330. The molecule has 2 heterocycles. The molecule has 84 valence electrons. The van der Waals surface area contributed by atoms with Crippen LogP contribution in [0.1, 0.15) is 27.2 Å². The van der Waals surface area contributed by atoms with Crippen LogP contribution in [0.2, 0.25) is 0 Å². The standard InChI is InChI=1S/C12H21N3/c1-8-9(2)13-10(3)15-7-6-11(12(8)15)14(4)5/h9,11H,6-7H2,1-5H3. The van der Waals surface area contributed by atoms with Crippen LogP contribution in [0.4, 0.5) is 0 Å². The second-order valence-corrected chi connectivity index (χ2v) is 4.84. The number of amidine groups is 1. The van der Waals surface area contributed by atoms with Gasteiger partial charge in [0.25, 0.3) is 0 Å². The highest BCUT2D eigenvalue weighted by atomic mass is 15.3. The molecule has 1 fully saturated rings. The summed E-state index contributed by atoms with van der Waals surface area (Å²) >= 11 is 0. The van der Waals surface area contributed by atoms with Gasteiger partial charge in [-0.15, -0.1) is 0 Å². The first-order chi connectivity index (χ1) is 7.02. The number of likely N-dealkylation sites (N-methyl/N-ethyl adjacent to an activating group) is 1. The molecule has 3 heteroatoms. The van der Waals surface area contributed by atoms with Gasteiger partial charge in [0.2, 0.25) is 0 Å². The third-order valence-corrected chi connectivity index (χ3v) is 3.66. The van der Waals surface area contributed by atoms with Gasteiger partial charge in [0.05, 0.1) is 12.1 Å². The Kier molecular flexibility index (Phi) is 2.59. The van der Waals surface area contributed by atoms with Gasteiger partial charge in [0.15, 0.2) is 0 Å². The molecular weight excluding hydrogens is 186 g/mol. The molecule has 0 amide bonds. The minimum absolute atomic E-state index is 0.358. The number of rotatable bonds is 1. The highest BCUT2D eigenvalue weighted by Gasteiger charge is 2.35. The molecule has 2 aliphatic rings. The lowest BCUT2D eigenvalue weighted by atomic mass is 10.0. The summed E-state index contributed by atoms with van der Waals surface area (Å²) in [5.74, 6) is 1.19. The maximum atomic E-state index is 4.67. The van der Waals surface area contributed by atoms with Crippen molar-refractivity contribution in [2.75, 3.05) is 20.6 Å². The van der Waals surface area contributed by atoms with E-state index in [1.165, 1.54) is 23.5 Å². The molecule has 15 heavy (non-hydrogen) atoms. The lowest BCUT2D eigenvalue weighted by Gasteiger charge is -2.32. The largest absolute Gasteiger partial charge is 0.332 e. The van der Waals surface area contributed by atoms with Gasteiger partial charge in [-0.1, -0.05) is 0 Å². The van der Waals surface area contributed by atoms with Crippen LogP contribution in [0.3, 0.4) is 0 Å². The van der Waals surface area contributed by atoms with Crippen LogP contribution in [-0.4, -0.2) is 48.4 Å². The zero-order chi connectivity index (χ0) is 11.2. The smallest absolute Gasteiger partial charge is 0.101 e. The van der Waals surface area contributed by atoms with Gasteiger partial charge in [-0.3, -0.25) is 4.99 Å². The van der Waals surface area contributed by atoms with E-state index in [1.807, 2.05) is 0 Å². The molecule has 0 aromatic rings. The minimum Gasteiger partial charge on any atom is -0.332 e. The van der Waals surface area contributed by atoms with Gasteiger partial charge < -0.3 is 9.80 Å². The number of nitrogens with zero attached hydrogens (tertiary/aromatic N) is 3. The summed E-state index contributed by atoms with van der Waals surface area (Å²) in [5, 5.41) is 0. The maximum Gasteiger partial charge on any atom is 0.101 e. The first-order valence-electron chi connectivity index (χ1n) is 5.71. The van der Waals surface area contributed by atoms with E-state index in [1.54, 1.807) is 0 Å². The molecule has 2 rings (SSSR count). The van der Waals surface area contributed by atoms with Crippen molar-refractivity contribution in [3.63, 3.8) is 0 Å². The SMILES string of the molecule is CC1=NC(C)C(C)=C2C(N(C)C)CCN12. The topological polar surface area (TPSA) is 18.8 Å². The summed E-state index contributed by atoms with van der Waals surface area (Å²) in [6.45, 7) is 7.66. The Bertz CT molecular complexity index is 328. The second kappa shape index (κ2) is 3.63. The van der Waals surface area contributed by atoms with E-state index in [4.69, 9.17) is 0 Å². The summed E-state index contributed by atoms with van der Waals surface area (Å²) in [5.41, 5.74) is 2.94. The van der Waals surface area contributed by atoms with Crippen molar-refractivity contribution in [3.05, 3.63) is 11.3 Å². The van der Waals surface area contributed by atoms with E-state index < -0.39 is 0 Å². The predicted molar refractivity (Wildman–Crippen MR) is 64.1 cm³/mol. The average Bonchev–Trinajstić information content (AvgIpc) is 2.58. The van der Waals surface area contributed by atoms with E-state index >= 15 is 0 Å². The highest BCUT2D eigenvalue weighted by molar-refractivity contribution is 5.84. The number of fused-ring (bicyclic) bond motifs is 1. The van der Waals surface area contributed by atoms with Gasteiger partial charge in [-0.2, -0.15) is 0 Å². The maximum absolute atomic E-state index is 4.67. The highest BCUT2D eigenvalue weighted by Crippen LogP contribution is 2.33. The van der Waals surface area contributed by atoms with Gasteiger partial charge in [0.1, 0.15) is 5.84 Å². The fourth-order valence-corrected chi connectivity index (χ4v) is 2.66. The molecular formula is C12H21N3. The zero-order valence-electron chi connectivity index (χ0n) is 10.4. The van der Waals surface area contributed by atoms with Crippen LogP contribution in [-0.2, 0) is 0 Å². The molecule has 3 nitrogen and oxygen atoms in total. The molecule has 0 aliphatic carbocycles. The number of hydrogen-bond acceptors (Lipinski definition) is 3. The summed E-state index contributed by atoms with van der Waals surface area (Å²) in [6, 6.07) is 0.940. The molecule has 0 radical (unpaired) electrons. The Hall–Kier alpha value is -0.830. The van der Waals surface area contributed by atoms with Crippen molar-refractivity contribution in [3.8, 4) is 0 Å². The minimum atomic E-state index is 0.358. The van der Waals surface area contributed by atoms with Crippen LogP contribution >= 0.6 is 0 Å². The second-order valence-electron chi connectivity index (χ2n) is 4.84. The van der Waals surface area contributed by atoms with Crippen LogP contribution in [0.15, 0.2) is 16.3 Å². The van der Waals surface area contributed by atoms with E-state index in [-0.39, 0.29) is 0 Å². The molecule has 0 aromatic carbocycles. The van der Waals surface area contributed by atoms with E-state index in [2.05, 4.69) is 49.7 Å². The fourth-order valence-electron chi connectivity index (χ4n) is 2.66. The molecule has 2 atom stereocenters. The Morgan fingerprint density at radius 3 is 2.60 bits per heavy atom. The van der Waals surface area contributed by atoms with Crippen LogP contribution in [0, 0.1) is 0 Å². The summed E-state index contributed by atoms with van der Waals surface area (Å²) < 4.78 is 0. The molecule has 0 N–H and O–H groups in total. The Morgan fingerprint density at radius 2 is 2.00 bits per heavy atom. The zero-order valence-corrected chi connectivity index (χ0v) is 10.4. The molecule has 0 spiro atoms. The summed E-state index contributed by atoms with van der Waals surface area (Å²) in [4.78, 5) is 9.38. The Morgan fingerprint density at radius 1 is 1.33 bits per heavy atom. The van der Waals surface area contributed by atoms with Crippen molar-refractivity contribution in [2.24, 2.45) is 4.99 Å². The van der Waals surface area contributed by atoms with Crippen LogP contribution in [0.25, 0.3) is 0 Å². The average molecular weight is 207 g/mol. The number of aliphatic imine (C=N–C) groups is 1. The van der Waals surface area contributed by atoms with Gasteiger partial charge in [-0.05, 0) is 46.9 Å². The normalized spacial score (nSPS) is 31.1. The molecule has 2 aliphatic heterocycles. The van der Waals surface area contributed by atoms with Crippen molar-refractivity contribution < 1.29 is 0 Å². The van der Waals surface area contributed by atoms with Gasteiger partial charge in [0, 0.05) is 12.2 Å². The third-order valence-electron chi connectivity index (χ3n) is 3.66. The molecule has 1 saturated heterocycles. The molecule has 0 aromatic heterocycles. The van der Waals surface area contributed by atoms with Crippen LogP contribution in [0.5, 0.6) is 0 Å². The molecule has 0 bridgehead atoms. The Balaban J connectivity index is 2.38. The van der Waals surface area contributed by atoms with E-state index in [0.29, 0.717) is 12.1 Å². The van der Waals surface area contributed by atoms with E-state index in [9.17, 15) is 0 Å². The summed E-state index contributed by atoms with van der Waals surface area (Å²) in [6.07, 6.45) is 1.22. The van der Waals surface area contributed by atoms with Crippen LogP contribution < -0.4 is 0 Å². The predicted octanol–water partition coefficient (Wildman–Crippen LogP) is 1.72. The Labute approximate surface area is 92.5 Å². The number of hydrogen-bond donors (Lipinski definition) is 0. The molecule has 0 saturated carbocycles. The molecule has 2 unspecified atom stereocenters. The summed E-state index contributed by atoms with van der Waals surface area (Å²) in [7, 11) is 4.33. The fraction of sp³-hybridized carbons (Fsp3) is 0.750. The lowest BCUT2D eigenvalue weighted by Crippen LogP contribution is -2.36. The first-order valence-corrected chi connectivity index (χ1v) is 5.71. The van der Waals surface area contributed by atoms with Crippen molar-refractivity contribution in [1.82, 2.24) is 9.80 Å². The third kappa shape index (κ3) is 1.59. The monoisotopic (exact) mass is 207 g/mol. The first kappa shape index (κ1) is 10.7. The van der Waals surface area contributed by atoms with Gasteiger partial charge in [-0.25, -0.2) is 0 Å². The quantitative estimate of drug-likeness (QED) is 0.652. The van der Waals surface area contributed by atoms with Gasteiger partial charge >= 0.3 is 0 Å².